The summed E-state index contributed by atoms with van der Waals surface area (Å²) in [6, 6.07) is 0. The second-order valence-corrected chi connectivity index (χ2v) is 2.98. The van der Waals surface area contributed by atoms with Gasteiger partial charge in [0, 0.05) is 0 Å². The molecule has 0 amide bonds. The topological polar surface area (TPSA) is 85.4 Å². The van der Waals surface area contributed by atoms with E-state index in [-0.39, 0.29) is 17.8 Å². The van der Waals surface area contributed by atoms with Crippen LogP contribution in [-0.2, 0) is 16.0 Å². The number of halogens is 2. The molecule has 0 radical (unpaired) electrons. The molecular weight excluding hydrogens is 222 g/mol. The van der Waals surface area contributed by atoms with Crippen molar-refractivity contribution in [1.29, 1.82) is 0 Å². The van der Waals surface area contributed by atoms with Crippen molar-refractivity contribution in [2.75, 3.05) is 12.8 Å². The van der Waals surface area contributed by atoms with Crippen LogP contribution < -0.4 is 5.73 Å². The molecule has 0 saturated carbocycles. The number of aromatic hydroxyl groups is 1. The normalized spacial score (nSPS) is 10.5. The number of nitrogens with two attached hydrogens (primary N) is 1. The molecule has 0 aliphatic rings. The van der Waals surface area contributed by atoms with Crippen LogP contribution in [0, 0.1) is 0 Å². The molecule has 0 aliphatic carbocycles. The van der Waals surface area contributed by atoms with Crippen LogP contribution in [0.1, 0.15) is 17.7 Å². The van der Waals surface area contributed by atoms with Gasteiger partial charge in [0.15, 0.2) is 0 Å². The number of aromatic nitrogens is 1. The Hall–Kier alpha value is -1.92. The molecule has 0 atom stereocenters. The summed E-state index contributed by atoms with van der Waals surface area (Å²) in [6.45, 7) is 0. The van der Waals surface area contributed by atoms with Crippen molar-refractivity contribution < 1.29 is 23.4 Å². The number of nitrogen functional groups attached to an aromatic ring is 1. The molecule has 7 heteroatoms. The first-order chi connectivity index (χ1) is 7.47. The molecule has 16 heavy (non-hydrogen) atoms. The third-order valence-electron chi connectivity index (χ3n) is 1.96. The van der Waals surface area contributed by atoms with Gasteiger partial charge in [-0.15, -0.1) is 0 Å². The Labute approximate surface area is 89.9 Å². The van der Waals surface area contributed by atoms with Crippen LogP contribution >= 0.6 is 0 Å². The number of esters is 1. The van der Waals surface area contributed by atoms with Gasteiger partial charge >= 0.3 is 5.97 Å². The molecule has 0 unspecified atom stereocenters. The summed E-state index contributed by atoms with van der Waals surface area (Å²) in [5, 5.41) is 9.45. The van der Waals surface area contributed by atoms with Gasteiger partial charge in [-0.1, -0.05) is 0 Å². The SMILES string of the molecule is COC(=O)Cc1ncc(N)c(C(F)F)c1O. The van der Waals surface area contributed by atoms with E-state index in [0.29, 0.717) is 0 Å². The van der Waals surface area contributed by atoms with Crippen LogP contribution in [0.25, 0.3) is 0 Å². The minimum Gasteiger partial charge on any atom is -0.505 e. The highest BCUT2D eigenvalue weighted by Crippen LogP contribution is 2.34. The highest BCUT2D eigenvalue weighted by Gasteiger charge is 2.21. The number of carbonyl (C=O) groups excluding carboxylic acids is 1. The van der Waals surface area contributed by atoms with Crippen LogP contribution in [0.15, 0.2) is 6.20 Å². The fourth-order valence-electron chi connectivity index (χ4n) is 1.14. The Kier molecular flexibility index (Phi) is 3.60. The lowest BCUT2D eigenvalue weighted by Crippen LogP contribution is -2.08. The van der Waals surface area contributed by atoms with E-state index in [2.05, 4.69) is 9.72 Å². The Morgan fingerprint density at radius 2 is 2.31 bits per heavy atom. The van der Waals surface area contributed by atoms with Crippen molar-refractivity contribution in [3.05, 3.63) is 17.5 Å². The van der Waals surface area contributed by atoms with Gasteiger partial charge in [0.05, 0.1) is 36.7 Å². The van der Waals surface area contributed by atoms with Crippen LogP contribution in [0.3, 0.4) is 0 Å². The number of rotatable bonds is 3. The third kappa shape index (κ3) is 2.36. The van der Waals surface area contributed by atoms with E-state index in [0.717, 1.165) is 13.3 Å². The minimum absolute atomic E-state index is 0.184. The maximum Gasteiger partial charge on any atom is 0.311 e. The third-order valence-corrected chi connectivity index (χ3v) is 1.96. The van der Waals surface area contributed by atoms with Crippen LogP contribution in [0.4, 0.5) is 14.5 Å². The Morgan fingerprint density at radius 1 is 1.69 bits per heavy atom. The summed E-state index contributed by atoms with van der Waals surface area (Å²) < 4.78 is 29.3. The monoisotopic (exact) mass is 232 g/mol. The van der Waals surface area contributed by atoms with Gasteiger partial charge in [0.2, 0.25) is 0 Å². The standard InChI is InChI=1S/C9H10F2N2O3/c1-16-6(14)2-5-8(15)7(9(10)11)4(12)3-13-5/h3,9,15H,2,12H2,1H3. The maximum absolute atomic E-state index is 12.5. The molecule has 1 aromatic rings. The van der Waals surface area contributed by atoms with Gasteiger partial charge in [-0.25, -0.2) is 8.78 Å². The molecule has 1 heterocycles. The zero-order valence-electron chi connectivity index (χ0n) is 8.41. The fraction of sp³-hybridized carbons (Fsp3) is 0.333. The van der Waals surface area contributed by atoms with Crippen LogP contribution in [0.2, 0.25) is 0 Å². The predicted octanol–water partition coefficient (Wildman–Crippen LogP) is 1.02. The Balaban J connectivity index is 3.13. The van der Waals surface area contributed by atoms with Crippen molar-refractivity contribution >= 4 is 11.7 Å². The quantitative estimate of drug-likeness (QED) is 0.760. The molecule has 0 fully saturated rings. The number of nitrogens with zero attached hydrogens (tertiary/aromatic N) is 1. The summed E-state index contributed by atoms with van der Waals surface area (Å²) >= 11 is 0. The Bertz CT molecular complexity index is 410. The van der Waals surface area contributed by atoms with Crippen molar-refractivity contribution in [1.82, 2.24) is 4.98 Å². The first kappa shape index (κ1) is 12.2. The van der Waals surface area contributed by atoms with Crippen LogP contribution in [0.5, 0.6) is 5.75 Å². The number of ether oxygens (including phenoxy) is 1. The minimum atomic E-state index is -2.93. The smallest absolute Gasteiger partial charge is 0.311 e. The number of hydrogen-bond donors (Lipinski definition) is 2. The highest BCUT2D eigenvalue weighted by molar-refractivity contribution is 5.73. The largest absolute Gasteiger partial charge is 0.505 e. The lowest BCUT2D eigenvalue weighted by atomic mass is 10.1. The fourth-order valence-corrected chi connectivity index (χ4v) is 1.14. The highest BCUT2D eigenvalue weighted by atomic mass is 19.3. The van der Waals surface area contributed by atoms with E-state index in [4.69, 9.17) is 5.73 Å². The summed E-state index contributed by atoms with van der Waals surface area (Å²) in [5.74, 6) is -1.45. The van der Waals surface area contributed by atoms with Crippen molar-refractivity contribution in [2.24, 2.45) is 0 Å². The molecule has 0 aliphatic heterocycles. The summed E-state index contributed by atoms with van der Waals surface area (Å²) in [5.41, 5.74) is 4.02. The number of hydrogen-bond acceptors (Lipinski definition) is 5. The number of methoxy groups -OCH3 is 1. The second kappa shape index (κ2) is 4.73. The molecule has 1 rings (SSSR count). The first-order valence-electron chi connectivity index (χ1n) is 4.28. The summed E-state index contributed by atoms with van der Waals surface area (Å²) in [7, 11) is 1.14. The molecule has 1 aromatic heterocycles. The molecule has 88 valence electrons. The number of alkyl halides is 2. The van der Waals surface area contributed by atoms with Crippen molar-refractivity contribution in [2.45, 2.75) is 12.8 Å². The van der Waals surface area contributed by atoms with Gasteiger partial charge in [0.25, 0.3) is 6.43 Å². The molecule has 3 N–H and O–H groups in total. The predicted molar refractivity (Wildman–Crippen MR) is 51.0 cm³/mol. The summed E-state index contributed by atoms with van der Waals surface area (Å²) in [4.78, 5) is 14.5. The molecular formula is C9H10F2N2O3. The van der Waals surface area contributed by atoms with E-state index >= 15 is 0 Å². The van der Waals surface area contributed by atoms with Crippen molar-refractivity contribution in [3.8, 4) is 5.75 Å². The second-order valence-electron chi connectivity index (χ2n) is 2.98. The van der Waals surface area contributed by atoms with E-state index in [1.807, 2.05) is 0 Å². The van der Waals surface area contributed by atoms with E-state index in [1.165, 1.54) is 0 Å². The number of pyridine rings is 1. The molecule has 0 spiro atoms. The number of anilines is 1. The summed E-state index contributed by atoms with van der Waals surface area (Å²) in [6.07, 6.45) is -2.35. The van der Waals surface area contributed by atoms with Gasteiger partial charge in [-0.2, -0.15) is 0 Å². The average molecular weight is 232 g/mol. The molecule has 0 saturated heterocycles. The zero-order chi connectivity index (χ0) is 12.3. The van der Waals surface area contributed by atoms with Crippen LogP contribution in [-0.4, -0.2) is 23.2 Å². The molecule has 0 aromatic carbocycles. The van der Waals surface area contributed by atoms with E-state index in [1.54, 1.807) is 0 Å². The lowest BCUT2D eigenvalue weighted by molar-refractivity contribution is -0.139. The first-order valence-corrected chi connectivity index (χ1v) is 4.28. The average Bonchev–Trinajstić information content (AvgIpc) is 2.21. The van der Waals surface area contributed by atoms with Gasteiger partial charge in [0.1, 0.15) is 5.75 Å². The van der Waals surface area contributed by atoms with Gasteiger partial charge < -0.3 is 15.6 Å². The number of carbonyl (C=O) groups is 1. The van der Waals surface area contributed by atoms with Crippen molar-refractivity contribution in [3.63, 3.8) is 0 Å². The van der Waals surface area contributed by atoms with E-state index < -0.39 is 23.7 Å². The zero-order valence-corrected chi connectivity index (χ0v) is 8.41. The van der Waals surface area contributed by atoms with Gasteiger partial charge in [-0.05, 0) is 0 Å². The maximum atomic E-state index is 12.5. The van der Waals surface area contributed by atoms with E-state index in [9.17, 15) is 18.7 Å². The lowest BCUT2D eigenvalue weighted by Gasteiger charge is -2.10. The molecule has 0 bridgehead atoms. The van der Waals surface area contributed by atoms with Gasteiger partial charge in [-0.3, -0.25) is 9.78 Å². The Morgan fingerprint density at radius 3 is 2.81 bits per heavy atom. The molecule has 5 nitrogen and oxygen atoms in total.